The Kier molecular flexibility index (Phi) is 6.34. The van der Waals surface area contributed by atoms with Crippen molar-refractivity contribution in [1.29, 1.82) is 0 Å². The molecular formula is C16H25N3O2. The van der Waals surface area contributed by atoms with Gasteiger partial charge in [-0.3, -0.25) is 0 Å². The van der Waals surface area contributed by atoms with Crippen molar-refractivity contribution in [2.24, 2.45) is 0 Å². The third-order valence-electron chi connectivity index (χ3n) is 3.48. The van der Waals surface area contributed by atoms with Gasteiger partial charge in [0.1, 0.15) is 0 Å². The smallest absolute Gasteiger partial charge is 0.315 e. The number of carbonyl (C=O) groups is 1. The van der Waals surface area contributed by atoms with Gasteiger partial charge in [-0.25, -0.2) is 4.79 Å². The third kappa shape index (κ3) is 5.63. The zero-order valence-corrected chi connectivity index (χ0v) is 12.7. The van der Waals surface area contributed by atoms with Gasteiger partial charge in [-0.1, -0.05) is 19.1 Å². The maximum atomic E-state index is 11.8. The second-order valence-electron chi connectivity index (χ2n) is 5.36. The Morgan fingerprint density at radius 1 is 1.33 bits per heavy atom. The molecule has 0 bridgehead atoms. The average molecular weight is 291 g/mol. The lowest BCUT2D eigenvalue weighted by Crippen LogP contribution is -2.45. The van der Waals surface area contributed by atoms with Crippen molar-refractivity contribution in [3.63, 3.8) is 0 Å². The zero-order chi connectivity index (χ0) is 14.9. The van der Waals surface area contributed by atoms with Crippen LogP contribution >= 0.6 is 0 Å². The molecule has 1 aromatic rings. The van der Waals surface area contributed by atoms with Crippen LogP contribution < -0.4 is 16.0 Å². The second kappa shape index (κ2) is 8.52. The van der Waals surface area contributed by atoms with Crippen LogP contribution in [-0.4, -0.2) is 31.8 Å². The molecule has 0 saturated carbocycles. The fourth-order valence-corrected chi connectivity index (χ4v) is 2.28. The van der Waals surface area contributed by atoms with E-state index in [1.807, 2.05) is 24.3 Å². The lowest BCUT2D eigenvalue weighted by Gasteiger charge is -2.23. The summed E-state index contributed by atoms with van der Waals surface area (Å²) in [6.45, 7) is 5.07. The molecule has 1 aromatic carbocycles. The van der Waals surface area contributed by atoms with E-state index in [0.717, 1.165) is 43.7 Å². The standard InChI is InChI=1S/C16H25N3O2/c1-2-9-17-14-7-5-13(6-8-14)11-18-16(20)19-15-4-3-10-21-12-15/h5-8,15,17H,2-4,9-12H2,1H3,(H2,18,19,20)/t15-/m1/s1. The first-order chi connectivity index (χ1) is 10.3. The first kappa shape index (κ1) is 15.6. The molecule has 1 aliphatic heterocycles. The van der Waals surface area contributed by atoms with Gasteiger partial charge in [-0.15, -0.1) is 0 Å². The number of benzene rings is 1. The van der Waals surface area contributed by atoms with E-state index in [2.05, 4.69) is 22.9 Å². The minimum absolute atomic E-state index is 0.126. The number of hydrogen-bond acceptors (Lipinski definition) is 3. The Morgan fingerprint density at radius 3 is 2.81 bits per heavy atom. The van der Waals surface area contributed by atoms with Crippen molar-refractivity contribution >= 4 is 11.7 Å². The summed E-state index contributed by atoms with van der Waals surface area (Å²) in [5.74, 6) is 0. The monoisotopic (exact) mass is 291 g/mol. The van der Waals surface area contributed by atoms with Crippen LogP contribution in [0.5, 0.6) is 0 Å². The van der Waals surface area contributed by atoms with E-state index < -0.39 is 0 Å². The SMILES string of the molecule is CCCNc1ccc(CNC(=O)N[C@@H]2CCCOC2)cc1. The summed E-state index contributed by atoms with van der Waals surface area (Å²) in [5.41, 5.74) is 2.21. The highest BCUT2D eigenvalue weighted by atomic mass is 16.5. The Bertz CT molecular complexity index is 428. The van der Waals surface area contributed by atoms with Gasteiger partial charge < -0.3 is 20.7 Å². The molecule has 21 heavy (non-hydrogen) atoms. The summed E-state index contributed by atoms with van der Waals surface area (Å²) in [7, 11) is 0. The van der Waals surface area contributed by atoms with Crippen molar-refractivity contribution in [3.8, 4) is 0 Å². The Morgan fingerprint density at radius 2 is 2.14 bits per heavy atom. The minimum atomic E-state index is -0.126. The molecule has 116 valence electrons. The van der Waals surface area contributed by atoms with Crippen LogP contribution in [0.1, 0.15) is 31.7 Å². The second-order valence-corrected chi connectivity index (χ2v) is 5.36. The average Bonchev–Trinajstić information content (AvgIpc) is 2.53. The number of amides is 2. The number of ether oxygens (including phenoxy) is 1. The minimum Gasteiger partial charge on any atom is -0.385 e. The molecule has 1 fully saturated rings. The highest BCUT2D eigenvalue weighted by Crippen LogP contribution is 2.09. The largest absolute Gasteiger partial charge is 0.385 e. The Labute approximate surface area is 126 Å². The fraction of sp³-hybridized carbons (Fsp3) is 0.562. The molecular weight excluding hydrogens is 266 g/mol. The van der Waals surface area contributed by atoms with Crippen LogP contribution in [0.3, 0.4) is 0 Å². The number of rotatable bonds is 6. The van der Waals surface area contributed by atoms with Crippen LogP contribution in [0.25, 0.3) is 0 Å². The highest BCUT2D eigenvalue weighted by Gasteiger charge is 2.15. The number of nitrogens with one attached hydrogen (secondary N) is 3. The van der Waals surface area contributed by atoms with Crippen LogP contribution in [-0.2, 0) is 11.3 Å². The molecule has 5 heteroatoms. The van der Waals surface area contributed by atoms with Crippen LogP contribution in [0.2, 0.25) is 0 Å². The molecule has 2 amide bonds. The maximum absolute atomic E-state index is 11.8. The van der Waals surface area contributed by atoms with Gasteiger partial charge in [0.15, 0.2) is 0 Å². The van der Waals surface area contributed by atoms with Gasteiger partial charge in [-0.05, 0) is 37.0 Å². The molecule has 0 unspecified atom stereocenters. The molecule has 1 saturated heterocycles. The third-order valence-corrected chi connectivity index (χ3v) is 3.48. The Balaban J connectivity index is 1.70. The predicted molar refractivity (Wildman–Crippen MR) is 84.4 cm³/mol. The predicted octanol–water partition coefficient (Wildman–Crippen LogP) is 2.49. The van der Waals surface area contributed by atoms with E-state index in [1.54, 1.807) is 0 Å². The Hall–Kier alpha value is -1.75. The summed E-state index contributed by atoms with van der Waals surface area (Å²) in [6.07, 6.45) is 3.11. The van der Waals surface area contributed by atoms with Gasteiger partial charge >= 0.3 is 6.03 Å². The van der Waals surface area contributed by atoms with E-state index >= 15 is 0 Å². The zero-order valence-electron chi connectivity index (χ0n) is 12.7. The van der Waals surface area contributed by atoms with Crippen molar-refractivity contribution in [2.45, 2.75) is 38.8 Å². The van der Waals surface area contributed by atoms with Crippen molar-refractivity contribution in [1.82, 2.24) is 10.6 Å². The molecule has 1 heterocycles. The molecule has 2 rings (SSSR count). The molecule has 1 aliphatic rings. The maximum Gasteiger partial charge on any atom is 0.315 e. The number of anilines is 1. The summed E-state index contributed by atoms with van der Waals surface area (Å²) in [4.78, 5) is 11.8. The van der Waals surface area contributed by atoms with E-state index in [1.165, 1.54) is 0 Å². The summed E-state index contributed by atoms with van der Waals surface area (Å²) in [5, 5.41) is 9.15. The first-order valence-electron chi connectivity index (χ1n) is 7.73. The molecule has 0 spiro atoms. The van der Waals surface area contributed by atoms with Crippen molar-refractivity contribution in [3.05, 3.63) is 29.8 Å². The molecule has 0 aliphatic carbocycles. The summed E-state index contributed by atoms with van der Waals surface area (Å²) >= 11 is 0. The highest BCUT2D eigenvalue weighted by molar-refractivity contribution is 5.74. The quantitative estimate of drug-likeness (QED) is 0.754. The molecule has 1 atom stereocenters. The van der Waals surface area contributed by atoms with E-state index in [-0.39, 0.29) is 12.1 Å². The lowest BCUT2D eigenvalue weighted by molar-refractivity contribution is 0.0732. The molecule has 5 nitrogen and oxygen atoms in total. The number of urea groups is 1. The van der Waals surface area contributed by atoms with E-state index in [4.69, 9.17) is 4.74 Å². The van der Waals surface area contributed by atoms with Crippen LogP contribution in [0.15, 0.2) is 24.3 Å². The fourth-order valence-electron chi connectivity index (χ4n) is 2.28. The number of carbonyl (C=O) groups excluding carboxylic acids is 1. The van der Waals surface area contributed by atoms with Crippen molar-refractivity contribution in [2.75, 3.05) is 25.1 Å². The van der Waals surface area contributed by atoms with Gasteiger partial charge in [0.05, 0.1) is 12.6 Å². The van der Waals surface area contributed by atoms with Crippen molar-refractivity contribution < 1.29 is 9.53 Å². The summed E-state index contributed by atoms with van der Waals surface area (Å²) in [6, 6.07) is 8.15. The first-order valence-corrected chi connectivity index (χ1v) is 7.73. The normalized spacial score (nSPS) is 18.0. The van der Waals surface area contributed by atoms with E-state index in [9.17, 15) is 4.79 Å². The van der Waals surface area contributed by atoms with Gasteiger partial charge in [0, 0.05) is 25.4 Å². The molecule has 3 N–H and O–H groups in total. The molecule has 0 aromatic heterocycles. The lowest BCUT2D eigenvalue weighted by atomic mass is 10.1. The van der Waals surface area contributed by atoms with Gasteiger partial charge in [-0.2, -0.15) is 0 Å². The topological polar surface area (TPSA) is 62.4 Å². The van der Waals surface area contributed by atoms with Gasteiger partial charge in [0.2, 0.25) is 0 Å². The van der Waals surface area contributed by atoms with Gasteiger partial charge in [0.25, 0.3) is 0 Å². The summed E-state index contributed by atoms with van der Waals surface area (Å²) < 4.78 is 5.34. The molecule has 0 radical (unpaired) electrons. The van der Waals surface area contributed by atoms with Crippen LogP contribution in [0, 0.1) is 0 Å². The number of hydrogen-bond donors (Lipinski definition) is 3. The van der Waals surface area contributed by atoms with Crippen LogP contribution in [0.4, 0.5) is 10.5 Å². The van der Waals surface area contributed by atoms with E-state index in [0.29, 0.717) is 13.2 Å².